The third-order valence-electron chi connectivity index (χ3n) is 1.75. The molecule has 0 saturated carbocycles. The lowest BCUT2D eigenvalue weighted by molar-refractivity contribution is 0.565. The van der Waals surface area contributed by atoms with Crippen molar-refractivity contribution in [2.75, 3.05) is 12.3 Å². The highest BCUT2D eigenvalue weighted by Crippen LogP contribution is 2.18. The molecule has 2 nitrogen and oxygen atoms in total. The van der Waals surface area contributed by atoms with Crippen molar-refractivity contribution >= 4 is 17.0 Å². The van der Waals surface area contributed by atoms with Crippen molar-refractivity contribution in [3.05, 3.63) is 29.8 Å². The summed E-state index contributed by atoms with van der Waals surface area (Å²) in [6, 6.07) is 8.01. The quantitative estimate of drug-likeness (QED) is 0.683. The Bertz CT molecular complexity index is 335. The number of aliphatic imine (C=N–C) groups is 1. The van der Waals surface area contributed by atoms with Crippen LogP contribution >= 0.6 is 11.8 Å². The predicted octanol–water partition coefficient (Wildman–Crippen LogP) is 2.48. The summed E-state index contributed by atoms with van der Waals surface area (Å²) in [5.41, 5.74) is 1.21. The zero-order valence-electron chi connectivity index (χ0n) is 7.49. The summed E-state index contributed by atoms with van der Waals surface area (Å²) < 4.78 is 5.57. The molecule has 0 spiro atoms. The smallest absolute Gasteiger partial charge is 0.251 e. The van der Waals surface area contributed by atoms with Gasteiger partial charge in [0.15, 0.2) is 0 Å². The van der Waals surface area contributed by atoms with E-state index >= 15 is 0 Å². The summed E-state index contributed by atoms with van der Waals surface area (Å²) in [6.07, 6.45) is 0. The van der Waals surface area contributed by atoms with Crippen molar-refractivity contribution in [2.45, 2.75) is 6.92 Å². The Balaban J connectivity index is 2.09. The molecule has 0 N–H and O–H groups in total. The molecular formula is C10H11NOS. The molecule has 0 fully saturated rings. The Kier molecular flexibility index (Phi) is 2.54. The van der Waals surface area contributed by atoms with Crippen molar-refractivity contribution in [1.29, 1.82) is 0 Å². The molecule has 1 aliphatic heterocycles. The third-order valence-corrected chi connectivity index (χ3v) is 2.60. The van der Waals surface area contributed by atoms with Crippen LogP contribution in [0.15, 0.2) is 29.3 Å². The average molecular weight is 193 g/mol. The van der Waals surface area contributed by atoms with Gasteiger partial charge in [-0.2, -0.15) is 0 Å². The molecule has 0 unspecified atom stereocenters. The molecule has 2 rings (SSSR count). The van der Waals surface area contributed by atoms with Gasteiger partial charge in [0.2, 0.25) is 0 Å². The first-order chi connectivity index (χ1) is 6.34. The first-order valence-corrected chi connectivity index (χ1v) is 5.25. The summed E-state index contributed by atoms with van der Waals surface area (Å²) in [7, 11) is 0. The summed E-state index contributed by atoms with van der Waals surface area (Å²) in [6.45, 7) is 2.93. The van der Waals surface area contributed by atoms with Crippen molar-refractivity contribution in [2.24, 2.45) is 4.99 Å². The van der Waals surface area contributed by atoms with Crippen LogP contribution in [0.1, 0.15) is 5.56 Å². The van der Waals surface area contributed by atoms with E-state index in [1.54, 1.807) is 11.8 Å². The molecule has 13 heavy (non-hydrogen) atoms. The Morgan fingerprint density at radius 3 is 3.08 bits per heavy atom. The van der Waals surface area contributed by atoms with E-state index in [-0.39, 0.29) is 0 Å². The van der Waals surface area contributed by atoms with Crippen LogP contribution in [0.25, 0.3) is 0 Å². The maximum atomic E-state index is 5.57. The molecule has 1 heterocycles. The molecule has 0 amide bonds. The van der Waals surface area contributed by atoms with Crippen LogP contribution in [-0.2, 0) is 0 Å². The van der Waals surface area contributed by atoms with Gasteiger partial charge < -0.3 is 4.74 Å². The highest BCUT2D eigenvalue weighted by molar-refractivity contribution is 8.13. The van der Waals surface area contributed by atoms with Gasteiger partial charge in [-0.3, -0.25) is 0 Å². The average Bonchev–Trinajstić information content (AvgIpc) is 2.57. The van der Waals surface area contributed by atoms with Gasteiger partial charge >= 0.3 is 0 Å². The summed E-state index contributed by atoms with van der Waals surface area (Å²) in [5, 5.41) is 0.797. The maximum absolute atomic E-state index is 5.57. The fourth-order valence-electron chi connectivity index (χ4n) is 1.16. The summed E-state index contributed by atoms with van der Waals surface area (Å²) in [5.74, 6) is 1.93. The lowest BCUT2D eigenvalue weighted by atomic mass is 10.2. The van der Waals surface area contributed by atoms with Crippen LogP contribution in [-0.4, -0.2) is 17.5 Å². The van der Waals surface area contributed by atoms with Gasteiger partial charge in [-0.25, -0.2) is 4.99 Å². The molecule has 0 aromatic heterocycles. The molecular weight excluding hydrogens is 182 g/mol. The number of hydrogen-bond donors (Lipinski definition) is 0. The van der Waals surface area contributed by atoms with Crippen molar-refractivity contribution in [1.82, 2.24) is 0 Å². The van der Waals surface area contributed by atoms with Gasteiger partial charge in [0.25, 0.3) is 5.23 Å². The lowest BCUT2D eigenvalue weighted by Crippen LogP contribution is -2.00. The Morgan fingerprint density at radius 1 is 1.46 bits per heavy atom. The Hall–Kier alpha value is -0.960. The fourth-order valence-corrected chi connectivity index (χ4v) is 1.85. The SMILES string of the molecule is Cc1cccc(OC2=NCCS2)c1. The molecule has 0 aliphatic carbocycles. The van der Waals surface area contributed by atoms with Crippen LogP contribution in [0, 0.1) is 6.92 Å². The number of nitrogens with zero attached hydrogens (tertiary/aromatic N) is 1. The third kappa shape index (κ3) is 2.25. The molecule has 68 valence electrons. The van der Waals surface area contributed by atoms with Crippen molar-refractivity contribution in [3.63, 3.8) is 0 Å². The first-order valence-electron chi connectivity index (χ1n) is 4.26. The molecule has 3 heteroatoms. The number of benzene rings is 1. The van der Waals surface area contributed by atoms with Crippen LogP contribution < -0.4 is 4.74 Å². The molecule has 0 radical (unpaired) electrons. The van der Waals surface area contributed by atoms with Gasteiger partial charge in [-0.1, -0.05) is 23.9 Å². The van der Waals surface area contributed by atoms with E-state index in [0.717, 1.165) is 23.3 Å². The second-order valence-electron chi connectivity index (χ2n) is 2.91. The van der Waals surface area contributed by atoms with E-state index in [0.29, 0.717) is 0 Å². The highest BCUT2D eigenvalue weighted by Gasteiger charge is 2.08. The zero-order chi connectivity index (χ0) is 9.10. The summed E-state index contributed by atoms with van der Waals surface area (Å²) in [4.78, 5) is 4.22. The standard InChI is InChI=1S/C10H11NOS/c1-8-3-2-4-9(7-8)12-10-11-5-6-13-10/h2-4,7H,5-6H2,1H3. The van der Waals surface area contributed by atoms with E-state index < -0.39 is 0 Å². The molecule has 0 bridgehead atoms. The van der Waals surface area contributed by atoms with Gasteiger partial charge in [0.1, 0.15) is 5.75 Å². The largest absolute Gasteiger partial charge is 0.434 e. The van der Waals surface area contributed by atoms with Gasteiger partial charge in [-0.15, -0.1) is 0 Å². The predicted molar refractivity (Wildman–Crippen MR) is 56.6 cm³/mol. The van der Waals surface area contributed by atoms with Crippen LogP contribution in [0.2, 0.25) is 0 Å². The van der Waals surface area contributed by atoms with Gasteiger partial charge in [-0.05, 0) is 24.6 Å². The second-order valence-corrected chi connectivity index (χ2v) is 3.96. The number of ether oxygens (including phenoxy) is 1. The van der Waals surface area contributed by atoms with E-state index in [9.17, 15) is 0 Å². The highest BCUT2D eigenvalue weighted by atomic mass is 32.2. The second kappa shape index (κ2) is 3.83. The van der Waals surface area contributed by atoms with E-state index in [1.807, 2.05) is 18.2 Å². The Labute approximate surface area is 82.0 Å². The minimum Gasteiger partial charge on any atom is -0.434 e. The maximum Gasteiger partial charge on any atom is 0.251 e. The lowest BCUT2D eigenvalue weighted by Gasteiger charge is -2.03. The van der Waals surface area contributed by atoms with Gasteiger partial charge in [0.05, 0.1) is 6.54 Å². The normalized spacial score (nSPS) is 15.6. The molecule has 1 aliphatic rings. The van der Waals surface area contributed by atoms with Crippen molar-refractivity contribution in [3.8, 4) is 5.75 Å². The topological polar surface area (TPSA) is 21.6 Å². The van der Waals surface area contributed by atoms with Crippen LogP contribution in [0.5, 0.6) is 5.75 Å². The minimum absolute atomic E-state index is 0.797. The van der Waals surface area contributed by atoms with E-state index in [4.69, 9.17) is 4.74 Å². The van der Waals surface area contributed by atoms with Crippen molar-refractivity contribution < 1.29 is 4.74 Å². The number of rotatable bonds is 1. The number of aryl methyl sites for hydroxylation is 1. The number of thioether (sulfide) groups is 1. The van der Waals surface area contributed by atoms with E-state index in [1.165, 1.54) is 5.56 Å². The van der Waals surface area contributed by atoms with Gasteiger partial charge in [0, 0.05) is 5.75 Å². The monoisotopic (exact) mass is 193 g/mol. The minimum atomic E-state index is 0.797. The summed E-state index contributed by atoms with van der Waals surface area (Å²) >= 11 is 1.67. The first kappa shape index (κ1) is 8.63. The molecule has 0 saturated heterocycles. The van der Waals surface area contributed by atoms with Crippen LogP contribution in [0.3, 0.4) is 0 Å². The Morgan fingerprint density at radius 2 is 2.38 bits per heavy atom. The fraction of sp³-hybridized carbons (Fsp3) is 0.300. The number of hydrogen-bond acceptors (Lipinski definition) is 3. The van der Waals surface area contributed by atoms with Crippen LogP contribution in [0.4, 0.5) is 0 Å². The molecule has 0 atom stereocenters. The van der Waals surface area contributed by atoms with E-state index in [2.05, 4.69) is 18.0 Å². The molecule has 1 aromatic rings. The molecule has 1 aromatic carbocycles. The zero-order valence-corrected chi connectivity index (χ0v) is 8.30.